The van der Waals surface area contributed by atoms with E-state index in [1.807, 2.05) is 13.8 Å². The second kappa shape index (κ2) is 6.61. The van der Waals surface area contributed by atoms with Gasteiger partial charge >= 0.3 is 5.91 Å². The highest BCUT2D eigenvalue weighted by Gasteiger charge is 2.40. The predicted molar refractivity (Wildman–Crippen MR) is 95.7 cm³/mol. The van der Waals surface area contributed by atoms with Crippen molar-refractivity contribution in [3.63, 3.8) is 0 Å². The molecule has 0 fully saturated rings. The van der Waals surface area contributed by atoms with Crippen LogP contribution in [0, 0.1) is 0 Å². The maximum Gasteiger partial charge on any atom is 0.301 e. The van der Waals surface area contributed by atoms with E-state index in [-0.39, 0.29) is 11.7 Å². The van der Waals surface area contributed by atoms with Crippen molar-refractivity contribution >= 4 is 34.7 Å². The Bertz CT molecular complexity index is 854. The van der Waals surface area contributed by atoms with E-state index in [0.717, 1.165) is 4.90 Å². The highest BCUT2D eigenvalue weighted by atomic mass is 35.5. The van der Waals surface area contributed by atoms with Crippen LogP contribution in [0.4, 0.5) is 5.69 Å². The summed E-state index contributed by atoms with van der Waals surface area (Å²) in [6.07, 6.45) is 0.0218. The number of anilines is 1. The molecular weight excluding hydrogens is 342 g/mol. The zero-order valence-electron chi connectivity index (χ0n) is 13.7. The van der Waals surface area contributed by atoms with Gasteiger partial charge in [-0.15, -0.1) is 0 Å². The minimum Gasteiger partial charge on any atom is -0.502 e. The third-order valence-corrected chi connectivity index (χ3v) is 3.91. The number of aliphatic hydroxyl groups excluding tert-OH is 1. The van der Waals surface area contributed by atoms with Gasteiger partial charge in [0.15, 0.2) is 5.76 Å². The van der Waals surface area contributed by atoms with E-state index in [0.29, 0.717) is 22.0 Å². The number of nitrogens with zero attached hydrogens (tertiary/aromatic N) is 1. The molecule has 0 radical (unpaired) electrons. The van der Waals surface area contributed by atoms with Gasteiger partial charge in [-0.25, -0.2) is 4.90 Å². The van der Waals surface area contributed by atoms with Gasteiger partial charge < -0.3 is 9.84 Å². The van der Waals surface area contributed by atoms with Gasteiger partial charge in [0.05, 0.1) is 17.4 Å². The molecule has 0 atom stereocenters. The van der Waals surface area contributed by atoms with Crippen LogP contribution >= 0.6 is 11.6 Å². The Labute approximate surface area is 150 Å². The maximum absolute atomic E-state index is 12.7. The van der Waals surface area contributed by atoms with E-state index < -0.39 is 17.6 Å². The molecule has 0 bridgehead atoms. The van der Waals surface area contributed by atoms with Crippen molar-refractivity contribution < 1.29 is 19.4 Å². The Balaban J connectivity index is 1.93. The van der Waals surface area contributed by atoms with Crippen molar-refractivity contribution in [2.45, 2.75) is 20.0 Å². The number of aliphatic hydroxyl groups is 1. The van der Waals surface area contributed by atoms with Crippen LogP contribution in [0.3, 0.4) is 0 Å². The van der Waals surface area contributed by atoms with Gasteiger partial charge in [-0.3, -0.25) is 9.59 Å². The Morgan fingerprint density at radius 2 is 1.56 bits per heavy atom. The van der Waals surface area contributed by atoms with Crippen LogP contribution in [0.1, 0.15) is 19.4 Å². The molecule has 0 aromatic heterocycles. The van der Waals surface area contributed by atoms with Crippen molar-refractivity contribution in [1.82, 2.24) is 0 Å². The smallest absolute Gasteiger partial charge is 0.301 e. The van der Waals surface area contributed by atoms with Crippen LogP contribution < -0.4 is 9.64 Å². The highest BCUT2D eigenvalue weighted by Crippen LogP contribution is 2.33. The number of hydrogen-bond acceptors (Lipinski definition) is 4. The normalized spacial score (nSPS) is 14.6. The molecule has 5 nitrogen and oxygen atoms in total. The van der Waals surface area contributed by atoms with Crippen LogP contribution in [0.25, 0.3) is 5.57 Å². The zero-order valence-corrected chi connectivity index (χ0v) is 14.4. The molecule has 0 saturated carbocycles. The second-order valence-electron chi connectivity index (χ2n) is 5.84. The first kappa shape index (κ1) is 17.0. The number of hydrogen-bond donors (Lipinski definition) is 1. The van der Waals surface area contributed by atoms with Crippen LogP contribution in [0.2, 0.25) is 5.02 Å². The van der Waals surface area contributed by atoms with Gasteiger partial charge in [0.25, 0.3) is 5.91 Å². The molecule has 0 unspecified atom stereocenters. The molecule has 1 N–H and O–H groups in total. The molecule has 1 aliphatic heterocycles. The summed E-state index contributed by atoms with van der Waals surface area (Å²) in [5, 5.41) is 10.7. The molecular formula is C19H16ClNO4. The number of carbonyl (C=O) groups is 2. The number of carbonyl (C=O) groups excluding carboxylic acids is 2. The minimum atomic E-state index is -0.759. The van der Waals surface area contributed by atoms with Gasteiger partial charge in [0.2, 0.25) is 0 Å². The Kier molecular flexibility index (Phi) is 4.51. The average Bonchev–Trinajstić information content (AvgIpc) is 2.79. The third kappa shape index (κ3) is 3.23. The Morgan fingerprint density at radius 3 is 2.12 bits per heavy atom. The number of amides is 2. The fourth-order valence-electron chi connectivity index (χ4n) is 2.58. The van der Waals surface area contributed by atoms with Crippen molar-refractivity contribution in [3.05, 3.63) is 64.9 Å². The summed E-state index contributed by atoms with van der Waals surface area (Å²) in [6, 6.07) is 12.9. The standard InChI is InChI=1S/C19H16ClNO4/c1-11(2)25-15-9-3-12(4-10-15)16-17(22)19(24)21(18(16)23)14-7-5-13(20)6-8-14/h3-11,22H,1-2H3. The second-order valence-corrected chi connectivity index (χ2v) is 6.27. The third-order valence-electron chi connectivity index (χ3n) is 3.66. The summed E-state index contributed by atoms with van der Waals surface area (Å²) in [5.41, 5.74) is 0.764. The lowest BCUT2D eigenvalue weighted by Crippen LogP contribution is -2.31. The largest absolute Gasteiger partial charge is 0.502 e. The van der Waals surface area contributed by atoms with E-state index in [4.69, 9.17) is 16.3 Å². The van der Waals surface area contributed by atoms with Crippen molar-refractivity contribution in [2.75, 3.05) is 4.90 Å². The number of imide groups is 1. The van der Waals surface area contributed by atoms with Crippen LogP contribution in [0.15, 0.2) is 54.3 Å². The van der Waals surface area contributed by atoms with E-state index in [1.54, 1.807) is 48.5 Å². The molecule has 1 heterocycles. The fraction of sp³-hybridized carbons (Fsp3) is 0.158. The lowest BCUT2D eigenvalue weighted by molar-refractivity contribution is -0.121. The average molecular weight is 358 g/mol. The molecule has 3 rings (SSSR count). The first-order valence-corrected chi connectivity index (χ1v) is 8.11. The van der Waals surface area contributed by atoms with E-state index in [1.165, 1.54) is 0 Å². The summed E-state index contributed by atoms with van der Waals surface area (Å²) in [6.45, 7) is 3.82. The molecule has 0 saturated heterocycles. The Morgan fingerprint density at radius 1 is 0.960 bits per heavy atom. The first-order chi connectivity index (χ1) is 11.9. The van der Waals surface area contributed by atoms with E-state index in [9.17, 15) is 14.7 Å². The van der Waals surface area contributed by atoms with Gasteiger partial charge in [-0.05, 0) is 55.8 Å². The molecule has 2 aromatic carbocycles. The fourth-order valence-corrected chi connectivity index (χ4v) is 2.70. The number of benzene rings is 2. The van der Waals surface area contributed by atoms with E-state index >= 15 is 0 Å². The molecule has 0 spiro atoms. The lowest BCUT2D eigenvalue weighted by Gasteiger charge is -2.14. The van der Waals surface area contributed by atoms with Crippen LogP contribution in [0.5, 0.6) is 5.75 Å². The number of rotatable bonds is 4. The van der Waals surface area contributed by atoms with Crippen molar-refractivity contribution in [2.24, 2.45) is 0 Å². The highest BCUT2D eigenvalue weighted by molar-refractivity contribution is 6.45. The van der Waals surface area contributed by atoms with E-state index in [2.05, 4.69) is 0 Å². The summed E-state index contributed by atoms with van der Waals surface area (Å²) in [5.74, 6) is -1.27. The molecule has 2 amide bonds. The van der Waals surface area contributed by atoms with Gasteiger partial charge in [0, 0.05) is 5.02 Å². The monoisotopic (exact) mass is 357 g/mol. The van der Waals surface area contributed by atoms with Crippen molar-refractivity contribution in [3.8, 4) is 5.75 Å². The summed E-state index contributed by atoms with van der Waals surface area (Å²) in [7, 11) is 0. The summed E-state index contributed by atoms with van der Waals surface area (Å²) in [4.78, 5) is 26.0. The first-order valence-electron chi connectivity index (χ1n) is 7.73. The molecule has 128 valence electrons. The predicted octanol–water partition coefficient (Wildman–Crippen LogP) is 3.97. The van der Waals surface area contributed by atoms with Gasteiger partial charge in [0.1, 0.15) is 5.75 Å². The summed E-state index contributed by atoms with van der Waals surface area (Å²) >= 11 is 5.84. The molecule has 6 heteroatoms. The SMILES string of the molecule is CC(C)Oc1ccc(C2=C(O)C(=O)N(c3ccc(Cl)cc3)C2=O)cc1. The van der Waals surface area contributed by atoms with Gasteiger partial charge in [-0.2, -0.15) is 0 Å². The topological polar surface area (TPSA) is 66.8 Å². The van der Waals surface area contributed by atoms with Gasteiger partial charge in [-0.1, -0.05) is 23.7 Å². The number of ether oxygens (including phenoxy) is 1. The molecule has 0 aliphatic carbocycles. The van der Waals surface area contributed by atoms with Crippen LogP contribution in [-0.4, -0.2) is 23.0 Å². The quantitative estimate of drug-likeness (QED) is 0.841. The molecule has 25 heavy (non-hydrogen) atoms. The molecule has 1 aliphatic rings. The zero-order chi connectivity index (χ0) is 18.1. The molecule has 2 aromatic rings. The lowest BCUT2D eigenvalue weighted by atomic mass is 10.1. The maximum atomic E-state index is 12.7. The minimum absolute atomic E-state index is 0.0218. The number of halogens is 1. The summed E-state index contributed by atoms with van der Waals surface area (Å²) < 4.78 is 5.55. The Hall–Kier alpha value is -2.79. The van der Waals surface area contributed by atoms with Crippen molar-refractivity contribution in [1.29, 1.82) is 0 Å². The van der Waals surface area contributed by atoms with Crippen LogP contribution in [-0.2, 0) is 9.59 Å².